The molecule has 0 radical (unpaired) electrons. The molecule has 0 bridgehead atoms. The predicted octanol–water partition coefficient (Wildman–Crippen LogP) is 3.38. The van der Waals surface area contributed by atoms with Gasteiger partial charge in [-0.15, -0.1) is 0 Å². The maximum absolute atomic E-state index is 5.64. The van der Waals surface area contributed by atoms with E-state index in [4.69, 9.17) is 4.74 Å². The van der Waals surface area contributed by atoms with Crippen molar-refractivity contribution in [3.8, 4) is 17.0 Å². The molecule has 0 unspecified atom stereocenters. The molecule has 0 saturated carbocycles. The zero-order valence-electron chi connectivity index (χ0n) is 13.1. The molecule has 0 aliphatic rings. The Bertz CT molecular complexity index is 613. The molecule has 2 heterocycles. The van der Waals surface area contributed by atoms with Crippen LogP contribution in [0.2, 0.25) is 0 Å². The van der Waals surface area contributed by atoms with Gasteiger partial charge in [-0.05, 0) is 33.3 Å². The number of aryl methyl sites for hydroxylation is 2. The summed E-state index contributed by atoms with van der Waals surface area (Å²) in [6.07, 6.45) is 4.48. The van der Waals surface area contributed by atoms with Gasteiger partial charge in [-0.3, -0.25) is 4.98 Å². The molecule has 0 fully saturated rings. The Morgan fingerprint density at radius 1 is 1.10 bits per heavy atom. The Hall–Kier alpha value is -2.17. The second-order valence-electron chi connectivity index (χ2n) is 4.88. The number of pyridine rings is 1. The molecule has 2 aromatic rings. The summed E-state index contributed by atoms with van der Waals surface area (Å²) in [5.74, 6) is 1.55. The van der Waals surface area contributed by atoms with Crippen LogP contribution in [0.1, 0.15) is 31.7 Å². The van der Waals surface area contributed by atoms with Crippen molar-refractivity contribution in [2.75, 3.05) is 18.5 Å². The Morgan fingerprint density at radius 2 is 1.86 bits per heavy atom. The first-order valence-corrected chi connectivity index (χ1v) is 7.33. The van der Waals surface area contributed by atoms with Crippen LogP contribution < -0.4 is 10.1 Å². The average Bonchev–Trinajstić information content (AvgIpc) is 2.49. The molecule has 2 aromatic heterocycles. The Kier molecular flexibility index (Phi) is 5.09. The van der Waals surface area contributed by atoms with Crippen molar-refractivity contribution in [1.29, 1.82) is 0 Å². The van der Waals surface area contributed by atoms with Crippen molar-refractivity contribution in [1.82, 2.24) is 15.0 Å². The molecule has 21 heavy (non-hydrogen) atoms. The molecule has 0 aliphatic heterocycles. The van der Waals surface area contributed by atoms with Crippen LogP contribution in [-0.4, -0.2) is 28.1 Å². The quantitative estimate of drug-likeness (QED) is 0.882. The van der Waals surface area contributed by atoms with E-state index in [0.29, 0.717) is 6.61 Å². The number of anilines is 1. The van der Waals surface area contributed by atoms with E-state index >= 15 is 0 Å². The third-order valence-corrected chi connectivity index (χ3v) is 3.11. The fraction of sp³-hybridized carbons (Fsp3) is 0.438. The van der Waals surface area contributed by atoms with E-state index in [2.05, 4.69) is 27.2 Å². The number of aromatic nitrogens is 3. The van der Waals surface area contributed by atoms with E-state index in [1.807, 2.05) is 26.8 Å². The van der Waals surface area contributed by atoms with E-state index in [1.54, 1.807) is 12.4 Å². The van der Waals surface area contributed by atoms with E-state index in [9.17, 15) is 0 Å². The van der Waals surface area contributed by atoms with Crippen LogP contribution in [0.25, 0.3) is 11.3 Å². The minimum atomic E-state index is 0.684. The maximum atomic E-state index is 5.64. The van der Waals surface area contributed by atoms with Crippen molar-refractivity contribution in [3.63, 3.8) is 0 Å². The van der Waals surface area contributed by atoms with Crippen LogP contribution >= 0.6 is 0 Å². The maximum Gasteiger partial charge on any atom is 0.152 e. The van der Waals surface area contributed by atoms with Crippen LogP contribution in [-0.2, 0) is 0 Å². The predicted molar refractivity (Wildman–Crippen MR) is 84.7 cm³/mol. The molecule has 5 heteroatoms. The first kappa shape index (κ1) is 15.2. The zero-order valence-corrected chi connectivity index (χ0v) is 13.1. The second kappa shape index (κ2) is 7.02. The fourth-order valence-corrected chi connectivity index (χ4v) is 1.94. The van der Waals surface area contributed by atoms with Crippen molar-refractivity contribution in [2.45, 2.75) is 34.1 Å². The van der Waals surface area contributed by atoms with Gasteiger partial charge in [0.15, 0.2) is 5.82 Å². The van der Waals surface area contributed by atoms with Gasteiger partial charge in [-0.1, -0.05) is 6.92 Å². The highest BCUT2D eigenvalue weighted by Gasteiger charge is 2.12. The first-order valence-electron chi connectivity index (χ1n) is 7.33. The van der Waals surface area contributed by atoms with E-state index < -0.39 is 0 Å². The van der Waals surface area contributed by atoms with Crippen LogP contribution in [0, 0.1) is 13.8 Å². The molecule has 5 nitrogen and oxygen atoms in total. The van der Waals surface area contributed by atoms with E-state index in [1.165, 1.54) is 0 Å². The van der Waals surface area contributed by atoms with Gasteiger partial charge in [0, 0.05) is 18.3 Å². The topological polar surface area (TPSA) is 59.9 Å². The number of hydrogen-bond acceptors (Lipinski definition) is 5. The van der Waals surface area contributed by atoms with Crippen molar-refractivity contribution >= 4 is 5.82 Å². The van der Waals surface area contributed by atoms with Crippen LogP contribution in [0.5, 0.6) is 5.75 Å². The Labute approximate surface area is 125 Å². The minimum Gasteiger partial charge on any atom is -0.492 e. The van der Waals surface area contributed by atoms with Gasteiger partial charge >= 0.3 is 0 Å². The molecule has 0 aliphatic carbocycles. The lowest BCUT2D eigenvalue weighted by Gasteiger charge is -2.12. The summed E-state index contributed by atoms with van der Waals surface area (Å²) in [7, 11) is 0. The molecule has 0 amide bonds. The summed E-state index contributed by atoms with van der Waals surface area (Å²) in [5, 5.41) is 3.26. The van der Waals surface area contributed by atoms with Crippen molar-refractivity contribution < 1.29 is 4.74 Å². The van der Waals surface area contributed by atoms with E-state index in [-0.39, 0.29) is 0 Å². The largest absolute Gasteiger partial charge is 0.492 e. The lowest BCUT2D eigenvalue weighted by Crippen LogP contribution is -2.06. The zero-order chi connectivity index (χ0) is 15.2. The average molecular weight is 286 g/mol. The van der Waals surface area contributed by atoms with Gasteiger partial charge in [-0.25, -0.2) is 9.97 Å². The molecule has 0 spiro atoms. The summed E-state index contributed by atoms with van der Waals surface area (Å²) in [4.78, 5) is 13.5. The summed E-state index contributed by atoms with van der Waals surface area (Å²) >= 11 is 0. The Morgan fingerprint density at radius 3 is 2.57 bits per heavy atom. The number of hydrogen-bond donors (Lipinski definition) is 1. The summed E-state index contributed by atoms with van der Waals surface area (Å²) in [6, 6.07) is 1.96. The Balaban J connectivity index is 2.42. The summed E-state index contributed by atoms with van der Waals surface area (Å²) < 4.78 is 5.64. The van der Waals surface area contributed by atoms with Crippen LogP contribution in [0.15, 0.2) is 18.5 Å². The summed E-state index contributed by atoms with van der Waals surface area (Å²) in [5.41, 5.74) is 3.58. The summed E-state index contributed by atoms with van der Waals surface area (Å²) in [6.45, 7) is 9.53. The minimum absolute atomic E-state index is 0.684. The first-order chi connectivity index (χ1) is 10.2. The van der Waals surface area contributed by atoms with Gasteiger partial charge in [0.1, 0.15) is 11.4 Å². The van der Waals surface area contributed by atoms with Crippen LogP contribution in [0.3, 0.4) is 0 Å². The number of nitrogens with zero attached hydrogens (tertiary/aromatic N) is 3. The van der Waals surface area contributed by atoms with Gasteiger partial charge in [0.2, 0.25) is 0 Å². The molecular weight excluding hydrogens is 264 g/mol. The SMILES string of the molecule is CCCOc1cncc(-c2nc(C)c(C)nc2NCC)c1. The third-order valence-electron chi connectivity index (χ3n) is 3.11. The highest BCUT2D eigenvalue weighted by molar-refractivity contribution is 5.72. The van der Waals surface area contributed by atoms with Gasteiger partial charge in [-0.2, -0.15) is 0 Å². The monoisotopic (exact) mass is 286 g/mol. The lowest BCUT2D eigenvalue weighted by atomic mass is 10.2. The standard InChI is InChI=1S/C16H22N4O/c1-5-7-21-14-8-13(9-17-10-14)15-16(18-6-2)20-12(4)11(3)19-15/h8-10H,5-7H2,1-4H3,(H,18,20). The number of rotatable bonds is 6. The fourth-order valence-electron chi connectivity index (χ4n) is 1.94. The van der Waals surface area contributed by atoms with Gasteiger partial charge in [0.05, 0.1) is 24.2 Å². The van der Waals surface area contributed by atoms with Crippen molar-refractivity contribution in [2.24, 2.45) is 0 Å². The van der Waals surface area contributed by atoms with Crippen LogP contribution in [0.4, 0.5) is 5.82 Å². The smallest absolute Gasteiger partial charge is 0.152 e. The number of ether oxygens (including phenoxy) is 1. The molecule has 2 rings (SSSR count). The molecule has 0 saturated heterocycles. The lowest BCUT2D eigenvalue weighted by molar-refractivity contribution is 0.316. The highest BCUT2D eigenvalue weighted by atomic mass is 16.5. The normalized spacial score (nSPS) is 10.5. The molecule has 0 aromatic carbocycles. The molecule has 112 valence electrons. The highest BCUT2D eigenvalue weighted by Crippen LogP contribution is 2.27. The molecule has 1 N–H and O–H groups in total. The molecule has 0 atom stereocenters. The van der Waals surface area contributed by atoms with Crippen molar-refractivity contribution in [3.05, 3.63) is 29.8 Å². The third kappa shape index (κ3) is 3.68. The van der Waals surface area contributed by atoms with Gasteiger partial charge < -0.3 is 10.1 Å². The van der Waals surface area contributed by atoms with Gasteiger partial charge in [0.25, 0.3) is 0 Å². The molecular formula is C16H22N4O. The second-order valence-corrected chi connectivity index (χ2v) is 4.88. The van der Waals surface area contributed by atoms with E-state index in [0.717, 1.165) is 47.2 Å². The number of nitrogens with one attached hydrogen (secondary N) is 1.